The van der Waals surface area contributed by atoms with E-state index in [2.05, 4.69) is 6.92 Å². The van der Waals surface area contributed by atoms with Crippen molar-refractivity contribution in [3.8, 4) is 0 Å². The van der Waals surface area contributed by atoms with Crippen LogP contribution in [0.4, 0.5) is 4.39 Å². The van der Waals surface area contributed by atoms with Crippen molar-refractivity contribution in [3.63, 3.8) is 0 Å². The highest BCUT2D eigenvalue weighted by Gasteiger charge is 2.24. The number of halogens is 1. The molecular weight excluding hydrogens is 143 g/mol. The predicted octanol–water partition coefficient (Wildman–Crippen LogP) is 2.14. The number of rotatable bonds is 2. The minimum Gasteiger partial charge on any atom is -0.390 e. The summed E-state index contributed by atoms with van der Waals surface area (Å²) in [4.78, 5) is 0. The lowest BCUT2D eigenvalue weighted by atomic mass is 9.80. The van der Waals surface area contributed by atoms with E-state index in [0.29, 0.717) is 0 Å². The molecule has 1 fully saturated rings. The molecule has 0 aliphatic heterocycles. The lowest BCUT2D eigenvalue weighted by Crippen LogP contribution is -2.26. The molecule has 0 aromatic rings. The Hall–Kier alpha value is -0.110. The van der Waals surface area contributed by atoms with Crippen molar-refractivity contribution in [1.29, 1.82) is 0 Å². The van der Waals surface area contributed by atoms with Gasteiger partial charge in [-0.1, -0.05) is 19.8 Å². The molecule has 2 heteroatoms. The van der Waals surface area contributed by atoms with Gasteiger partial charge in [0.1, 0.15) is 6.67 Å². The van der Waals surface area contributed by atoms with Gasteiger partial charge in [-0.15, -0.1) is 0 Å². The van der Waals surface area contributed by atoms with Crippen molar-refractivity contribution >= 4 is 0 Å². The Balaban J connectivity index is 2.27. The summed E-state index contributed by atoms with van der Waals surface area (Å²) in [6.07, 6.45) is 3.63. The maximum atomic E-state index is 12.0. The smallest absolute Gasteiger partial charge is 0.116 e. The molecule has 1 nitrogen and oxygen atoms in total. The third-order valence-electron chi connectivity index (χ3n) is 2.76. The van der Waals surface area contributed by atoms with Gasteiger partial charge < -0.3 is 5.11 Å². The Morgan fingerprint density at radius 2 is 1.91 bits per heavy atom. The molecule has 0 bridgehead atoms. The predicted molar refractivity (Wildman–Crippen MR) is 43.1 cm³/mol. The molecule has 1 N–H and O–H groups in total. The Kier molecular flexibility index (Phi) is 3.31. The molecule has 1 aliphatic rings. The first kappa shape index (κ1) is 8.98. The van der Waals surface area contributed by atoms with E-state index in [1.807, 2.05) is 0 Å². The summed E-state index contributed by atoms with van der Waals surface area (Å²) >= 11 is 0. The van der Waals surface area contributed by atoms with Crippen molar-refractivity contribution in [2.75, 3.05) is 6.67 Å². The zero-order valence-corrected chi connectivity index (χ0v) is 7.09. The molecule has 1 rings (SSSR count). The van der Waals surface area contributed by atoms with Gasteiger partial charge in [0, 0.05) is 0 Å². The second-order valence-corrected chi connectivity index (χ2v) is 3.74. The van der Waals surface area contributed by atoms with Crippen molar-refractivity contribution in [3.05, 3.63) is 0 Å². The van der Waals surface area contributed by atoms with Crippen LogP contribution in [0.2, 0.25) is 0 Å². The van der Waals surface area contributed by atoms with Crippen molar-refractivity contribution < 1.29 is 9.50 Å². The molecule has 1 unspecified atom stereocenters. The molecule has 0 heterocycles. The molecule has 0 saturated heterocycles. The molecule has 0 amide bonds. The van der Waals surface area contributed by atoms with Gasteiger partial charge in [-0.2, -0.15) is 0 Å². The van der Waals surface area contributed by atoms with Crippen LogP contribution in [0.5, 0.6) is 0 Å². The van der Waals surface area contributed by atoms with Crippen LogP contribution in [0.25, 0.3) is 0 Å². The summed E-state index contributed by atoms with van der Waals surface area (Å²) in [5.74, 6) is 1.01. The van der Waals surface area contributed by atoms with E-state index in [9.17, 15) is 9.50 Å². The van der Waals surface area contributed by atoms with E-state index in [4.69, 9.17) is 0 Å². The van der Waals surface area contributed by atoms with Crippen molar-refractivity contribution in [2.45, 2.75) is 38.7 Å². The second kappa shape index (κ2) is 4.05. The first-order chi connectivity index (χ1) is 5.24. The van der Waals surface area contributed by atoms with E-state index < -0.39 is 12.8 Å². The van der Waals surface area contributed by atoms with Gasteiger partial charge in [-0.3, -0.25) is 0 Å². The van der Waals surface area contributed by atoms with E-state index in [0.717, 1.165) is 31.6 Å². The van der Waals surface area contributed by atoms with Gasteiger partial charge >= 0.3 is 0 Å². The zero-order chi connectivity index (χ0) is 8.27. The average Bonchev–Trinajstić information content (AvgIpc) is 2.05. The quantitative estimate of drug-likeness (QED) is 0.656. The highest BCUT2D eigenvalue weighted by Crippen LogP contribution is 2.30. The number of hydrogen-bond acceptors (Lipinski definition) is 1. The molecule has 0 aromatic heterocycles. The van der Waals surface area contributed by atoms with Crippen LogP contribution >= 0.6 is 0 Å². The molecule has 0 aromatic carbocycles. The lowest BCUT2D eigenvalue weighted by Gasteiger charge is -2.28. The summed E-state index contributed by atoms with van der Waals surface area (Å²) in [5.41, 5.74) is 0. The molecule has 66 valence electrons. The minimum absolute atomic E-state index is 0.233. The normalized spacial score (nSPS) is 35.2. The molecule has 1 saturated carbocycles. The fourth-order valence-corrected chi connectivity index (χ4v) is 1.80. The third kappa shape index (κ3) is 2.44. The van der Waals surface area contributed by atoms with E-state index >= 15 is 0 Å². The SMILES string of the molecule is CC1CCC(C(O)CF)CC1. The van der Waals surface area contributed by atoms with Crippen molar-refractivity contribution in [2.24, 2.45) is 11.8 Å². The van der Waals surface area contributed by atoms with Crippen LogP contribution in [0.1, 0.15) is 32.6 Å². The maximum Gasteiger partial charge on any atom is 0.116 e. The van der Waals surface area contributed by atoms with Gasteiger partial charge in [0.2, 0.25) is 0 Å². The van der Waals surface area contributed by atoms with Crippen LogP contribution in [0, 0.1) is 11.8 Å². The summed E-state index contributed by atoms with van der Waals surface area (Å²) in [6.45, 7) is 1.65. The van der Waals surface area contributed by atoms with Gasteiger partial charge in [0.05, 0.1) is 6.10 Å². The summed E-state index contributed by atoms with van der Waals surface area (Å²) < 4.78 is 12.0. The molecular formula is C9H17FO. The number of alkyl halides is 1. The van der Waals surface area contributed by atoms with Crippen molar-refractivity contribution in [1.82, 2.24) is 0 Å². The molecule has 0 spiro atoms. The van der Waals surface area contributed by atoms with Gasteiger partial charge in [0.15, 0.2) is 0 Å². The molecule has 0 radical (unpaired) electrons. The Morgan fingerprint density at radius 1 is 1.36 bits per heavy atom. The second-order valence-electron chi connectivity index (χ2n) is 3.74. The number of aliphatic hydroxyl groups excluding tert-OH is 1. The largest absolute Gasteiger partial charge is 0.390 e. The zero-order valence-electron chi connectivity index (χ0n) is 7.09. The summed E-state index contributed by atoms with van der Waals surface area (Å²) in [7, 11) is 0. The summed E-state index contributed by atoms with van der Waals surface area (Å²) in [5, 5.41) is 9.19. The number of hydrogen-bond donors (Lipinski definition) is 1. The first-order valence-electron chi connectivity index (χ1n) is 4.48. The van der Waals surface area contributed by atoms with E-state index in [1.165, 1.54) is 0 Å². The molecule has 1 atom stereocenters. The highest BCUT2D eigenvalue weighted by molar-refractivity contribution is 4.75. The number of aliphatic hydroxyl groups is 1. The van der Waals surface area contributed by atoms with Crippen LogP contribution in [0.15, 0.2) is 0 Å². The molecule has 11 heavy (non-hydrogen) atoms. The van der Waals surface area contributed by atoms with Gasteiger partial charge in [0.25, 0.3) is 0 Å². The van der Waals surface area contributed by atoms with Gasteiger partial charge in [-0.05, 0) is 24.7 Å². The Bertz CT molecular complexity index is 108. The minimum atomic E-state index is -0.692. The van der Waals surface area contributed by atoms with Crippen LogP contribution in [0.3, 0.4) is 0 Å². The van der Waals surface area contributed by atoms with E-state index in [1.54, 1.807) is 0 Å². The Morgan fingerprint density at radius 3 is 2.36 bits per heavy atom. The molecule has 1 aliphatic carbocycles. The van der Waals surface area contributed by atoms with Crippen LogP contribution in [-0.2, 0) is 0 Å². The highest BCUT2D eigenvalue weighted by atomic mass is 19.1. The fourth-order valence-electron chi connectivity index (χ4n) is 1.80. The van der Waals surface area contributed by atoms with Gasteiger partial charge in [-0.25, -0.2) is 4.39 Å². The van der Waals surface area contributed by atoms with Crippen LogP contribution < -0.4 is 0 Å². The first-order valence-corrected chi connectivity index (χ1v) is 4.48. The fraction of sp³-hybridized carbons (Fsp3) is 1.00. The lowest BCUT2D eigenvalue weighted by molar-refractivity contribution is 0.0546. The topological polar surface area (TPSA) is 20.2 Å². The van der Waals surface area contributed by atoms with E-state index in [-0.39, 0.29) is 5.92 Å². The Labute approximate surface area is 67.6 Å². The third-order valence-corrected chi connectivity index (χ3v) is 2.76. The summed E-state index contributed by atoms with van der Waals surface area (Å²) in [6, 6.07) is 0. The average molecular weight is 160 g/mol. The maximum absolute atomic E-state index is 12.0. The van der Waals surface area contributed by atoms with Crippen LogP contribution in [-0.4, -0.2) is 17.9 Å². The standard InChI is InChI=1S/C9H17FO/c1-7-2-4-8(5-3-7)9(11)6-10/h7-9,11H,2-6H2,1H3. The monoisotopic (exact) mass is 160 g/mol.